The molecule has 4 aromatic rings. The average Bonchev–Trinajstić information content (AvgIpc) is 3.05. The van der Waals surface area contributed by atoms with Crippen molar-refractivity contribution in [3.05, 3.63) is 58.6 Å². The highest BCUT2D eigenvalue weighted by Crippen LogP contribution is 2.29. The second-order valence-electron chi connectivity index (χ2n) is 6.89. The zero-order valence-corrected chi connectivity index (χ0v) is 16.8. The lowest BCUT2D eigenvalue weighted by molar-refractivity contribution is 0.102. The van der Waals surface area contributed by atoms with E-state index < -0.39 is 5.91 Å². The van der Waals surface area contributed by atoms with Crippen LogP contribution in [0.25, 0.3) is 21.9 Å². The predicted molar refractivity (Wildman–Crippen MR) is 112 cm³/mol. The van der Waals surface area contributed by atoms with E-state index in [1.165, 1.54) is 12.1 Å². The molecule has 28 heavy (non-hydrogen) atoms. The second kappa shape index (κ2) is 7.37. The SMILES string of the molecule is CC(C)Cn1cnc2c(NC(=O)c3ccc(Cl)nc3Cl)nc3ccccc3c21. The molecule has 3 aromatic heterocycles. The smallest absolute Gasteiger partial charge is 0.260 e. The largest absolute Gasteiger partial charge is 0.330 e. The van der Waals surface area contributed by atoms with E-state index in [4.69, 9.17) is 23.2 Å². The molecule has 0 unspecified atom stereocenters. The van der Waals surface area contributed by atoms with Gasteiger partial charge in [-0.25, -0.2) is 15.0 Å². The van der Waals surface area contributed by atoms with Gasteiger partial charge in [0, 0.05) is 11.9 Å². The number of rotatable bonds is 4. The quantitative estimate of drug-likeness (QED) is 0.466. The van der Waals surface area contributed by atoms with Crippen molar-refractivity contribution in [1.82, 2.24) is 19.5 Å². The molecular weight excluding hydrogens is 397 g/mol. The Labute approximate surface area is 171 Å². The summed E-state index contributed by atoms with van der Waals surface area (Å²) >= 11 is 11.9. The number of aromatic nitrogens is 4. The maximum atomic E-state index is 12.8. The molecule has 0 fully saturated rings. The summed E-state index contributed by atoms with van der Waals surface area (Å²) < 4.78 is 2.09. The van der Waals surface area contributed by atoms with Crippen LogP contribution in [0.4, 0.5) is 5.82 Å². The van der Waals surface area contributed by atoms with Gasteiger partial charge in [0.1, 0.15) is 15.8 Å². The third-order valence-corrected chi connectivity index (χ3v) is 4.81. The van der Waals surface area contributed by atoms with E-state index in [1.807, 2.05) is 24.3 Å². The topological polar surface area (TPSA) is 72.7 Å². The van der Waals surface area contributed by atoms with Crippen LogP contribution in [0.15, 0.2) is 42.7 Å². The van der Waals surface area contributed by atoms with Crippen LogP contribution >= 0.6 is 23.2 Å². The third kappa shape index (κ3) is 3.41. The molecular formula is C20H17Cl2N5O. The number of hydrogen-bond donors (Lipinski definition) is 1. The second-order valence-corrected chi connectivity index (χ2v) is 7.64. The van der Waals surface area contributed by atoms with Gasteiger partial charge in [0.25, 0.3) is 5.91 Å². The van der Waals surface area contributed by atoms with Crippen LogP contribution in [-0.2, 0) is 6.54 Å². The van der Waals surface area contributed by atoms with Gasteiger partial charge >= 0.3 is 0 Å². The molecule has 0 radical (unpaired) electrons. The molecule has 0 atom stereocenters. The summed E-state index contributed by atoms with van der Waals surface area (Å²) in [5.74, 6) is 0.408. The molecule has 0 spiro atoms. The monoisotopic (exact) mass is 413 g/mol. The van der Waals surface area contributed by atoms with Crippen LogP contribution in [0.3, 0.4) is 0 Å². The van der Waals surface area contributed by atoms with Crippen molar-refractivity contribution in [3.63, 3.8) is 0 Å². The van der Waals surface area contributed by atoms with E-state index in [0.717, 1.165) is 23.0 Å². The number of anilines is 1. The summed E-state index contributed by atoms with van der Waals surface area (Å²) in [6.45, 7) is 5.10. The Bertz CT molecular complexity index is 1200. The molecule has 4 rings (SSSR count). The Kier molecular flexibility index (Phi) is 4.91. The highest BCUT2D eigenvalue weighted by molar-refractivity contribution is 6.35. The molecule has 3 heterocycles. The van der Waals surface area contributed by atoms with E-state index in [-0.39, 0.29) is 15.9 Å². The van der Waals surface area contributed by atoms with Crippen LogP contribution in [0.5, 0.6) is 0 Å². The number of halogens is 2. The molecule has 1 amide bonds. The summed E-state index contributed by atoms with van der Waals surface area (Å²) in [6, 6.07) is 10.8. The number of fused-ring (bicyclic) bond motifs is 3. The van der Waals surface area contributed by atoms with Crippen molar-refractivity contribution in [2.24, 2.45) is 5.92 Å². The number of carbonyl (C=O) groups is 1. The molecule has 0 aliphatic carbocycles. The van der Waals surface area contributed by atoms with Crippen molar-refractivity contribution < 1.29 is 4.79 Å². The Hall–Kier alpha value is -2.70. The van der Waals surface area contributed by atoms with Gasteiger partial charge in [0.2, 0.25) is 0 Å². The van der Waals surface area contributed by atoms with Crippen molar-refractivity contribution in [3.8, 4) is 0 Å². The molecule has 1 aromatic carbocycles. The van der Waals surface area contributed by atoms with Crippen LogP contribution in [0.2, 0.25) is 10.3 Å². The number of benzene rings is 1. The Morgan fingerprint density at radius 3 is 2.68 bits per heavy atom. The van der Waals surface area contributed by atoms with E-state index in [0.29, 0.717) is 17.3 Å². The van der Waals surface area contributed by atoms with Crippen molar-refractivity contribution >= 4 is 56.9 Å². The summed E-state index contributed by atoms with van der Waals surface area (Å²) in [6.07, 6.45) is 1.78. The first kappa shape index (κ1) is 18.7. The molecule has 0 saturated heterocycles. The number of nitrogens with one attached hydrogen (secondary N) is 1. The lowest BCUT2D eigenvalue weighted by atomic mass is 10.1. The first-order chi connectivity index (χ1) is 13.4. The van der Waals surface area contributed by atoms with Gasteiger partial charge in [-0.3, -0.25) is 4.79 Å². The minimum absolute atomic E-state index is 0.0346. The van der Waals surface area contributed by atoms with Crippen molar-refractivity contribution in [2.45, 2.75) is 20.4 Å². The predicted octanol–water partition coefficient (Wildman–Crippen LogP) is 5.19. The normalized spacial score (nSPS) is 11.5. The Morgan fingerprint density at radius 1 is 1.14 bits per heavy atom. The molecule has 0 aliphatic heterocycles. The van der Waals surface area contributed by atoms with Gasteiger partial charge in [-0.2, -0.15) is 0 Å². The average molecular weight is 414 g/mol. The van der Waals surface area contributed by atoms with Crippen molar-refractivity contribution in [1.29, 1.82) is 0 Å². The summed E-state index contributed by atoms with van der Waals surface area (Å²) in [5, 5.41) is 4.07. The lowest BCUT2D eigenvalue weighted by Crippen LogP contribution is -2.14. The Balaban J connectivity index is 1.84. The fraction of sp³-hybridized carbons (Fsp3) is 0.200. The molecule has 0 bridgehead atoms. The Morgan fingerprint density at radius 2 is 1.93 bits per heavy atom. The highest BCUT2D eigenvalue weighted by atomic mass is 35.5. The van der Waals surface area contributed by atoms with Gasteiger partial charge < -0.3 is 9.88 Å². The van der Waals surface area contributed by atoms with Gasteiger partial charge in [0.15, 0.2) is 5.82 Å². The fourth-order valence-electron chi connectivity index (χ4n) is 3.16. The van der Waals surface area contributed by atoms with Gasteiger partial charge in [-0.05, 0) is 24.1 Å². The minimum atomic E-state index is -0.420. The number of para-hydroxylation sites is 1. The van der Waals surface area contributed by atoms with Gasteiger partial charge in [0.05, 0.1) is 22.9 Å². The first-order valence-electron chi connectivity index (χ1n) is 8.81. The zero-order valence-electron chi connectivity index (χ0n) is 15.3. The number of imidazole rings is 1. The number of nitrogens with zero attached hydrogens (tertiary/aromatic N) is 4. The van der Waals surface area contributed by atoms with Gasteiger partial charge in [-0.1, -0.05) is 55.2 Å². The maximum Gasteiger partial charge on any atom is 0.260 e. The fourth-order valence-corrected chi connectivity index (χ4v) is 3.59. The molecule has 142 valence electrons. The third-order valence-electron chi connectivity index (χ3n) is 4.31. The highest BCUT2D eigenvalue weighted by Gasteiger charge is 2.18. The standard InChI is InChI=1S/C20H17Cl2N5O/c1-11(2)9-27-10-23-16-17(27)12-5-3-4-6-14(12)24-19(16)26-20(28)13-7-8-15(21)25-18(13)22/h3-8,10-11H,9H2,1-2H3,(H,24,26,28). The number of pyridine rings is 2. The van der Waals surface area contributed by atoms with Gasteiger partial charge in [-0.15, -0.1) is 0 Å². The summed E-state index contributed by atoms with van der Waals surface area (Å²) in [5.41, 5.74) is 2.56. The lowest BCUT2D eigenvalue weighted by Gasteiger charge is -2.11. The van der Waals surface area contributed by atoms with Crippen LogP contribution in [-0.4, -0.2) is 25.4 Å². The summed E-state index contributed by atoms with van der Waals surface area (Å²) in [7, 11) is 0. The van der Waals surface area contributed by atoms with Crippen LogP contribution in [0, 0.1) is 5.92 Å². The maximum absolute atomic E-state index is 12.8. The molecule has 0 aliphatic rings. The van der Waals surface area contributed by atoms with E-state index >= 15 is 0 Å². The number of hydrogen-bond acceptors (Lipinski definition) is 4. The molecule has 1 N–H and O–H groups in total. The summed E-state index contributed by atoms with van der Waals surface area (Å²) in [4.78, 5) is 25.8. The minimum Gasteiger partial charge on any atom is -0.330 e. The van der Waals surface area contributed by atoms with Crippen LogP contribution < -0.4 is 5.32 Å². The first-order valence-corrected chi connectivity index (χ1v) is 9.56. The van der Waals surface area contributed by atoms with Crippen molar-refractivity contribution in [2.75, 3.05) is 5.32 Å². The zero-order chi connectivity index (χ0) is 19.8. The number of carbonyl (C=O) groups excluding carboxylic acids is 1. The molecule has 6 nitrogen and oxygen atoms in total. The number of amides is 1. The van der Waals surface area contributed by atoms with E-state index in [9.17, 15) is 4.79 Å². The van der Waals surface area contributed by atoms with E-state index in [1.54, 1.807) is 6.33 Å². The molecule has 8 heteroatoms. The van der Waals surface area contributed by atoms with Crippen LogP contribution in [0.1, 0.15) is 24.2 Å². The van der Waals surface area contributed by atoms with E-state index in [2.05, 4.69) is 38.7 Å². The molecule has 0 saturated carbocycles.